The second kappa shape index (κ2) is 8.15. The fraction of sp³-hybridized carbons (Fsp3) is 0. The van der Waals surface area contributed by atoms with Crippen molar-refractivity contribution in [2.24, 2.45) is 0 Å². The summed E-state index contributed by atoms with van der Waals surface area (Å²) < 4.78 is 8.28. The van der Waals surface area contributed by atoms with Gasteiger partial charge in [-0.1, -0.05) is 54.6 Å². The van der Waals surface area contributed by atoms with Gasteiger partial charge >= 0.3 is 0 Å². The number of para-hydroxylation sites is 1. The zero-order valence-corrected chi connectivity index (χ0v) is 20.4. The first-order valence-electron chi connectivity index (χ1n) is 12.6. The highest BCUT2D eigenvalue weighted by molar-refractivity contribution is 6.09. The highest BCUT2D eigenvalue weighted by Crippen LogP contribution is 2.35. The maximum atomic E-state index is 6.03. The largest absolute Gasteiger partial charge is 0.456 e. The fourth-order valence-electron chi connectivity index (χ4n) is 5.60. The summed E-state index contributed by atoms with van der Waals surface area (Å²) in [6.07, 6.45) is 7.55. The predicted octanol–water partition coefficient (Wildman–Crippen LogP) is 8.81. The van der Waals surface area contributed by atoms with Crippen molar-refractivity contribution in [3.63, 3.8) is 0 Å². The molecule has 0 spiro atoms. The first kappa shape index (κ1) is 20.9. The topological polar surface area (TPSA) is 43.9 Å². The van der Waals surface area contributed by atoms with E-state index in [-0.39, 0.29) is 0 Å². The van der Waals surface area contributed by atoms with Gasteiger partial charge in [0.2, 0.25) is 0 Å². The molecule has 0 aliphatic heterocycles. The van der Waals surface area contributed by atoms with Gasteiger partial charge < -0.3 is 8.98 Å². The number of pyridine rings is 2. The molecule has 0 unspecified atom stereocenters. The zero-order valence-electron chi connectivity index (χ0n) is 20.4. The van der Waals surface area contributed by atoms with Crippen LogP contribution in [0.2, 0.25) is 0 Å². The van der Waals surface area contributed by atoms with Gasteiger partial charge in [0.15, 0.2) is 0 Å². The molecule has 178 valence electrons. The van der Waals surface area contributed by atoms with Crippen molar-refractivity contribution in [1.82, 2.24) is 14.5 Å². The summed E-state index contributed by atoms with van der Waals surface area (Å²) in [5.41, 5.74) is 9.71. The van der Waals surface area contributed by atoms with E-state index >= 15 is 0 Å². The van der Waals surface area contributed by atoms with E-state index in [1.165, 1.54) is 27.5 Å². The van der Waals surface area contributed by atoms with Crippen molar-refractivity contribution in [3.8, 4) is 27.9 Å². The quantitative estimate of drug-likeness (QED) is 0.250. The predicted molar refractivity (Wildman–Crippen MR) is 155 cm³/mol. The smallest absolute Gasteiger partial charge is 0.135 e. The van der Waals surface area contributed by atoms with Gasteiger partial charge in [0.1, 0.15) is 11.2 Å². The summed E-state index contributed by atoms with van der Waals surface area (Å²) >= 11 is 0. The molecule has 4 nitrogen and oxygen atoms in total. The van der Waals surface area contributed by atoms with Gasteiger partial charge in [0, 0.05) is 39.6 Å². The highest BCUT2D eigenvalue weighted by Gasteiger charge is 2.13. The molecule has 4 heteroatoms. The molecule has 38 heavy (non-hydrogen) atoms. The van der Waals surface area contributed by atoms with E-state index in [4.69, 9.17) is 4.42 Å². The van der Waals surface area contributed by atoms with Crippen molar-refractivity contribution in [2.75, 3.05) is 0 Å². The summed E-state index contributed by atoms with van der Waals surface area (Å²) in [4.78, 5) is 8.82. The van der Waals surface area contributed by atoms with Gasteiger partial charge in [0.05, 0.1) is 23.4 Å². The van der Waals surface area contributed by atoms with Gasteiger partial charge in [-0.05, 0) is 70.8 Å². The Labute approximate surface area is 218 Å². The molecule has 0 amide bonds. The number of furan rings is 1. The lowest BCUT2D eigenvalue weighted by molar-refractivity contribution is 0.669. The monoisotopic (exact) mass is 487 g/mol. The van der Waals surface area contributed by atoms with Crippen LogP contribution in [-0.2, 0) is 0 Å². The van der Waals surface area contributed by atoms with Gasteiger partial charge in [-0.25, -0.2) is 0 Å². The zero-order chi connectivity index (χ0) is 25.1. The van der Waals surface area contributed by atoms with E-state index in [0.717, 1.165) is 44.2 Å². The lowest BCUT2D eigenvalue weighted by Crippen LogP contribution is -1.95. The molecular weight excluding hydrogens is 466 g/mol. The highest BCUT2D eigenvalue weighted by atomic mass is 16.3. The molecule has 0 aliphatic carbocycles. The van der Waals surface area contributed by atoms with Crippen LogP contribution in [0.1, 0.15) is 0 Å². The third-order valence-electron chi connectivity index (χ3n) is 7.38. The third-order valence-corrected chi connectivity index (χ3v) is 7.38. The van der Waals surface area contributed by atoms with E-state index in [1.54, 1.807) is 0 Å². The molecule has 0 N–H and O–H groups in total. The maximum Gasteiger partial charge on any atom is 0.135 e. The molecule has 0 fully saturated rings. The summed E-state index contributed by atoms with van der Waals surface area (Å²) in [5, 5.41) is 4.63. The molecule has 0 bridgehead atoms. The Bertz CT molecular complexity index is 2100. The van der Waals surface area contributed by atoms with Gasteiger partial charge in [0.25, 0.3) is 0 Å². The van der Waals surface area contributed by atoms with Crippen LogP contribution >= 0.6 is 0 Å². The first-order chi connectivity index (χ1) is 18.8. The van der Waals surface area contributed by atoms with E-state index in [0.29, 0.717) is 0 Å². The number of aromatic nitrogens is 3. The van der Waals surface area contributed by atoms with Crippen LogP contribution in [0.3, 0.4) is 0 Å². The SMILES string of the molecule is c1cc(-c2cccc(-n3c4cnccc4c4ccncc43)c2)cc(-c2ccc3oc4ccccc4c3c2)c1. The molecule has 4 aromatic heterocycles. The number of nitrogens with zero attached hydrogens (tertiary/aromatic N) is 3. The Morgan fingerprint density at radius 1 is 0.474 bits per heavy atom. The second-order valence-corrected chi connectivity index (χ2v) is 9.56. The summed E-state index contributed by atoms with van der Waals surface area (Å²) in [6, 6.07) is 36.2. The third kappa shape index (κ3) is 3.17. The summed E-state index contributed by atoms with van der Waals surface area (Å²) in [5.74, 6) is 0. The minimum atomic E-state index is 0.911. The lowest BCUT2D eigenvalue weighted by Gasteiger charge is -2.11. The van der Waals surface area contributed by atoms with Crippen molar-refractivity contribution in [2.45, 2.75) is 0 Å². The minimum absolute atomic E-state index is 0.911. The Morgan fingerprint density at radius 2 is 1.11 bits per heavy atom. The Hall–Kier alpha value is -5.22. The average Bonchev–Trinajstić information content (AvgIpc) is 3.53. The molecule has 4 aromatic carbocycles. The second-order valence-electron chi connectivity index (χ2n) is 9.56. The number of rotatable bonds is 3. The molecule has 0 saturated heterocycles. The summed E-state index contributed by atoms with van der Waals surface area (Å²) in [6.45, 7) is 0. The normalized spacial score (nSPS) is 11.7. The molecule has 0 radical (unpaired) electrons. The molecule has 0 atom stereocenters. The maximum absolute atomic E-state index is 6.03. The Kier molecular flexibility index (Phi) is 4.49. The van der Waals surface area contributed by atoms with Crippen LogP contribution in [-0.4, -0.2) is 14.5 Å². The van der Waals surface area contributed by atoms with Crippen molar-refractivity contribution in [3.05, 3.63) is 128 Å². The summed E-state index contributed by atoms with van der Waals surface area (Å²) in [7, 11) is 0. The minimum Gasteiger partial charge on any atom is -0.456 e. The van der Waals surface area contributed by atoms with E-state index < -0.39 is 0 Å². The van der Waals surface area contributed by atoms with Gasteiger partial charge in [-0.15, -0.1) is 0 Å². The Morgan fingerprint density at radius 3 is 1.87 bits per heavy atom. The van der Waals surface area contributed by atoms with Crippen LogP contribution in [0, 0.1) is 0 Å². The molecule has 8 aromatic rings. The molecule has 4 heterocycles. The number of hydrogen-bond donors (Lipinski definition) is 0. The van der Waals surface area contributed by atoms with Crippen LogP contribution in [0.15, 0.2) is 132 Å². The van der Waals surface area contributed by atoms with Crippen LogP contribution < -0.4 is 0 Å². The standard InChI is InChI=1S/C34H21N3O/c1-2-10-33-29(9-1)30-19-25(11-12-34(30)38-33)23-6-3-5-22(17-23)24-7-4-8-26(18-24)37-31-20-35-15-13-27(31)28-14-16-36-21-32(28)37/h1-21H. The van der Waals surface area contributed by atoms with Crippen molar-refractivity contribution in [1.29, 1.82) is 0 Å². The van der Waals surface area contributed by atoms with E-state index in [2.05, 4.69) is 106 Å². The van der Waals surface area contributed by atoms with Gasteiger partial charge in [-0.3, -0.25) is 9.97 Å². The Balaban J connectivity index is 1.25. The fourth-order valence-corrected chi connectivity index (χ4v) is 5.60. The molecule has 0 saturated carbocycles. The number of fused-ring (bicyclic) bond motifs is 6. The molecular formula is C34H21N3O. The lowest BCUT2D eigenvalue weighted by atomic mass is 9.97. The van der Waals surface area contributed by atoms with Crippen LogP contribution in [0.5, 0.6) is 0 Å². The average molecular weight is 488 g/mol. The van der Waals surface area contributed by atoms with Gasteiger partial charge in [-0.2, -0.15) is 0 Å². The van der Waals surface area contributed by atoms with Crippen LogP contribution in [0.4, 0.5) is 0 Å². The van der Waals surface area contributed by atoms with E-state index in [1.807, 2.05) is 36.9 Å². The van der Waals surface area contributed by atoms with Crippen molar-refractivity contribution < 1.29 is 4.42 Å². The molecule has 8 rings (SSSR count). The molecule has 0 aliphatic rings. The first-order valence-corrected chi connectivity index (χ1v) is 12.6. The number of hydrogen-bond acceptors (Lipinski definition) is 3. The van der Waals surface area contributed by atoms with E-state index in [9.17, 15) is 0 Å². The van der Waals surface area contributed by atoms with Crippen molar-refractivity contribution >= 4 is 43.7 Å². The number of benzene rings is 4. The van der Waals surface area contributed by atoms with Crippen LogP contribution in [0.25, 0.3) is 71.7 Å².